The predicted molar refractivity (Wildman–Crippen MR) is 133 cm³/mol. The van der Waals surface area contributed by atoms with E-state index in [2.05, 4.69) is 41.5 Å². The van der Waals surface area contributed by atoms with Gasteiger partial charge >= 0.3 is 0 Å². The number of rotatable bonds is 7. The highest BCUT2D eigenvalue weighted by molar-refractivity contribution is 8.13. The average molecular weight is 492 g/mol. The molecule has 1 aliphatic carbocycles. The van der Waals surface area contributed by atoms with E-state index in [0.717, 1.165) is 35.0 Å². The third kappa shape index (κ3) is 5.11. The molecular formula is C24H34ClN5O2S. The Bertz CT molecular complexity index is 911. The molecule has 9 heteroatoms. The lowest BCUT2D eigenvalue weighted by molar-refractivity contribution is -0.157. The number of hydrazone groups is 1. The van der Waals surface area contributed by atoms with Crippen LogP contribution in [-0.2, 0) is 15.3 Å². The van der Waals surface area contributed by atoms with Crippen molar-refractivity contribution in [1.29, 1.82) is 0 Å². The Labute approximate surface area is 205 Å². The zero-order chi connectivity index (χ0) is 23.5. The van der Waals surface area contributed by atoms with Gasteiger partial charge in [-0.1, -0.05) is 62.3 Å². The van der Waals surface area contributed by atoms with Crippen LogP contribution in [0.5, 0.6) is 0 Å². The Morgan fingerprint density at radius 1 is 1.33 bits per heavy atom. The molecule has 7 nitrogen and oxygen atoms in total. The molecule has 2 N–H and O–H groups in total. The first kappa shape index (κ1) is 24.2. The molecule has 0 radical (unpaired) electrons. The van der Waals surface area contributed by atoms with E-state index >= 15 is 0 Å². The number of nitrogens with one attached hydrogen (secondary N) is 2. The van der Waals surface area contributed by atoms with Crippen LogP contribution < -0.4 is 10.7 Å². The Balaban J connectivity index is 1.53. The van der Waals surface area contributed by atoms with Crippen molar-refractivity contribution < 1.29 is 9.59 Å². The average Bonchev–Trinajstić information content (AvgIpc) is 3.23. The van der Waals surface area contributed by atoms with Gasteiger partial charge < -0.3 is 15.1 Å². The number of hydrogen-bond donors (Lipinski definition) is 2. The van der Waals surface area contributed by atoms with E-state index in [9.17, 15) is 9.59 Å². The minimum Gasteiger partial charge on any atom is -0.356 e. The smallest absolute Gasteiger partial charge is 0.230 e. The zero-order valence-electron chi connectivity index (χ0n) is 19.6. The summed E-state index contributed by atoms with van der Waals surface area (Å²) in [4.78, 5) is 30.4. The molecule has 1 aromatic rings. The molecule has 2 aliphatic heterocycles. The van der Waals surface area contributed by atoms with Crippen LogP contribution in [0.2, 0.25) is 5.02 Å². The van der Waals surface area contributed by atoms with Crippen molar-refractivity contribution in [3.8, 4) is 0 Å². The van der Waals surface area contributed by atoms with Crippen LogP contribution in [0, 0.1) is 17.8 Å². The Morgan fingerprint density at radius 3 is 2.85 bits per heavy atom. The minimum absolute atomic E-state index is 0.0355. The van der Waals surface area contributed by atoms with E-state index in [1.807, 2.05) is 29.2 Å². The van der Waals surface area contributed by atoms with Crippen LogP contribution in [0.15, 0.2) is 29.4 Å². The number of fused-ring (bicyclic) bond motifs is 3. The first-order valence-corrected chi connectivity index (χ1v) is 13.3. The van der Waals surface area contributed by atoms with Crippen LogP contribution in [-0.4, -0.2) is 52.2 Å². The lowest BCUT2D eigenvalue weighted by Gasteiger charge is -2.51. The monoisotopic (exact) mass is 491 g/mol. The summed E-state index contributed by atoms with van der Waals surface area (Å²) in [5, 5.41) is 9.33. The van der Waals surface area contributed by atoms with Crippen LogP contribution in [0.4, 0.5) is 0 Å². The van der Waals surface area contributed by atoms with Gasteiger partial charge in [-0.05, 0) is 43.2 Å². The van der Waals surface area contributed by atoms with E-state index < -0.39 is 0 Å². The lowest BCUT2D eigenvalue weighted by atomic mass is 9.75. The van der Waals surface area contributed by atoms with Crippen LogP contribution in [0.25, 0.3) is 0 Å². The molecule has 2 amide bonds. The standard InChI is InChI=1S/C24H34ClN5O2S/c1-4-11-29-22(32)18-10-9-16(21(31)26-13-15(2)3)12-20(18)30-23(29)27-28-24(30)33-14-17-7-5-6-8-19(17)25/h5-8,15-16,18,20,23,27H,4,9-14H2,1-3H3,(H,26,31). The second-order valence-corrected chi connectivity index (χ2v) is 10.9. The lowest BCUT2D eigenvalue weighted by Crippen LogP contribution is -2.68. The zero-order valence-corrected chi connectivity index (χ0v) is 21.2. The Kier molecular flexibility index (Phi) is 7.74. The van der Waals surface area contributed by atoms with Crippen molar-refractivity contribution in [2.75, 3.05) is 13.1 Å². The number of benzene rings is 1. The number of amidine groups is 1. The third-order valence-electron chi connectivity index (χ3n) is 6.66. The number of hydrogen-bond acceptors (Lipinski definition) is 6. The fraction of sp³-hybridized carbons (Fsp3) is 0.625. The maximum absolute atomic E-state index is 13.4. The number of carbonyl (C=O) groups is 2. The molecule has 0 bridgehead atoms. The van der Waals surface area contributed by atoms with Gasteiger partial charge in [-0.2, -0.15) is 5.10 Å². The molecule has 180 valence electrons. The summed E-state index contributed by atoms with van der Waals surface area (Å²) in [6.07, 6.45) is 2.75. The van der Waals surface area contributed by atoms with Gasteiger partial charge in [-0.15, -0.1) is 0 Å². The molecular weight excluding hydrogens is 458 g/mol. The first-order valence-electron chi connectivity index (χ1n) is 12.0. The summed E-state index contributed by atoms with van der Waals surface area (Å²) >= 11 is 8.00. The van der Waals surface area contributed by atoms with Crippen LogP contribution in [0.3, 0.4) is 0 Å². The third-order valence-corrected chi connectivity index (χ3v) is 8.05. The van der Waals surface area contributed by atoms with Crippen molar-refractivity contribution in [3.63, 3.8) is 0 Å². The summed E-state index contributed by atoms with van der Waals surface area (Å²) in [6, 6.07) is 7.80. The normalized spacial score (nSPS) is 26.6. The summed E-state index contributed by atoms with van der Waals surface area (Å²) in [6.45, 7) is 7.65. The quantitative estimate of drug-likeness (QED) is 0.606. The topological polar surface area (TPSA) is 77.0 Å². The van der Waals surface area contributed by atoms with Crippen molar-refractivity contribution in [2.24, 2.45) is 22.9 Å². The highest BCUT2D eigenvalue weighted by Gasteiger charge is 2.52. The second-order valence-electron chi connectivity index (χ2n) is 9.54. The van der Waals surface area contributed by atoms with Crippen LogP contribution in [0.1, 0.15) is 52.0 Å². The van der Waals surface area contributed by atoms with E-state index in [1.165, 1.54) is 0 Å². The van der Waals surface area contributed by atoms with Gasteiger partial charge in [0, 0.05) is 35.8 Å². The van der Waals surface area contributed by atoms with Gasteiger partial charge in [0.05, 0.1) is 5.92 Å². The molecule has 2 heterocycles. The van der Waals surface area contributed by atoms with Gasteiger partial charge in [0.25, 0.3) is 0 Å². The maximum Gasteiger partial charge on any atom is 0.230 e. The minimum atomic E-state index is -0.287. The van der Waals surface area contributed by atoms with Crippen molar-refractivity contribution >= 4 is 40.3 Å². The SMILES string of the molecule is CCCN1C(=O)C2CCC(C(=O)NCC(C)C)CC2N2C(SCc3ccccc3Cl)=NNC12. The number of thioether (sulfide) groups is 1. The molecule has 1 aromatic carbocycles. The molecule has 1 saturated carbocycles. The number of carbonyl (C=O) groups excluding carboxylic acids is 2. The summed E-state index contributed by atoms with van der Waals surface area (Å²) in [5.41, 5.74) is 4.26. The molecule has 3 aliphatic rings. The predicted octanol–water partition coefficient (Wildman–Crippen LogP) is 3.84. The van der Waals surface area contributed by atoms with Crippen molar-refractivity contribution in [3.05, 3.63) is 34.9 Å². The number of halogens is 1. The van der Waals surface area contributed by atoms with E-state index in [1.54, 1.807) is 11.8 Å². The molecule has 4 atom stereocenters. The second kappa shape index (κ2) is 10.6. The number of nitrogens with zero attached hydrogens (tertiary/aromatic N) is 3. The summed E-state index contributed by atoms with van der Waals surface area (Å²) < 4.78 is 0. The molecule has 2 fully saturated rings. The molecule has 1 saturated heterocycles. The van der Waals surface area contributed by atoms with Gasteiger partial charge in [0.15, 0.2) is 11.5 Å². The first-order chi connectivity index (χ1) is 15.9. The maximum atomic E-state index is 13.4. The molecule has 0 aromatic heterocycles. The number of amides is 2. The Morgan fingerprint density at radius 2 is 2.12 bits per heavy atom. The molecule has 4 rings (SSSR count). The van der Waals surface area contributed by atoms with Crippen molar-refractivity contribution in [1.82, 2.24) is 20.5 Å². The largest absolute Gasteiger partial charge is 0.356 e. The molecule has 33 heavy (non-hydrogen) atoms. The van der Waals surface area contributed by atoms with Gasteiger partial charge in [-0.25, -0.2) is 0 Å². The highest BCUT2D eigenvalue weighted by atomic mass is 35.5. The van der Waals surface area contributed by atoms with E-state index in [0.29, 0.717) is 31.2 Å². The van der Waals surface area contributed by atoms with Gasteiger partial charge in [-0.3, -0.25) is 15.0 Å². The van der Waals surface area contributed by atoms with E-state index in [4.69, 9.17) is 11.6 Å². The van der Waals surface area contributed by atoms with Gasteiger partial charge in [0.2, 0.25) is 11.8 Å². The van der Waals surface area contributed by atoms with Crippen LogP contribution >= 0.6 is 23.4 Å². The Hall–Kier alpha value is -1.93. The fourth-order valence-corrected chi connectivity index (χ4v) is 6.30. The van der Waals surface area contributed by atoms with Gasteiger partial charge in [0.1, 0.15) is 0 Å². The fourth-order valence-electron chi connectivity index (χ4n) is 4.98. The molecule has 0 spiro atoms. The van der Waals surface area contributed by atoms with Crippen molar-refractivity contribution in [2.45, 2.75) is 64.5 Å². The summed E-state index contributed by atoms with van der Waals surface area (Å²) in [5.74, 6) is 1.22. The highest BCUT2D eigenvalue weighted by Crippen LogP contribution is 2.41. The van der Waals surface area contributed by atoms with E-state index in [-0.39, 0.29) is 36.0 Å². The summed E-state index contributed by atoms with van der Waals surface area (Å²) in [7, 11) is 0. The molecule has 4 unspecified atom stereocenters.